The zero-order chi connectivity index (χ0) is 14.5. The minimum atomic E-state index is -0.237. The van der Waals surface area contributed by atoms with E-state index in [1.165, 1.54) is 6.20 Å². The van der Waals surface area contributed by atoms with Crippen molar-refractivity contribution in [3.05, 3.63) is 24.0 Å². The lowest BCUT2D eigenvalue weighted by Crippen LogP contribution is -2.57. The molecule has 1 aromatic rings. The van der Waals surface area contributed by atoms with Crippen molar-refractivity contribution in [2.45, 2.75) is 18.2 Å². The van der Waals surface area contributed by atoms with Crippen LogP contribution in [0.1, 0.15) is 10.5 Å². The Morgan fingerprint density at radius 1 is 1.40 bits per heavy atom. The fourth-order valence-electron chi connectivity index (χ4n) is 2.33. The molecule has 1 saturated heterocycles. The van der Waals surface area contributed by atoms with E-state index in [2.05, 4.69) is 10.2 Å². The number of nitrogens with zero attached hydrogens (tertiary/aromatic N) is 3. The van der Waals surface area contributed by atoms with E-state index in [4.69, 9.17) is 14.2 Å². The highest BCUT2D eigenvalue weighted by Gasteiger charge is 2.38. The predicted molar refractivity (Wildman–Crippen MR) is 70.3 cm³/mol. The Bertz CT molecular complexity index is 443. The smallest absolute Gasteiger partial charge is 0.274 e. The summed E-state index contributed by atoms with van der Waals surface area (Å²) in [5.41, 5.74) is 0.296. The van der Waals surface area contributed by atoms with Gasteiger partial charge >= 0.3 is 0 Å². The van der Waals surface area contributed by atoms with Crippen LogP contribution in [0, 0.1) is 0 Å². The van der Waals surface area contributed by atoms with E-state index in [9.17, 15) is 4.79 Å². The first-order chi connectivity index (χ1) is 9.69. The van der Waals surface area contributed by atoms with E-state index in [0.29, 0.717) is 18.9 Å². The van der Waals surface area contributed by atoms with Crippen LogP contribution in [0.5, 0.6) is 0 Å². The van der Waals surface area contributed by atoms with Crippen LogP contribution < -0.4 is 0 Å². The molecule has 110 valence electrons. The minimum absolute atomic E-state index is 0.198. The maximum atomic E-state index is 12.4. The van der Waals surface area contributed by atoms with Gasteiger partial charge in [-0.2, -0.15) is 5.10 Å². The first kappa shape index (κ1) is 14.8. The van der Waals surface area contributed by atoms with Crippen molar-refractivity contribution in [1.29, 1.82) is 0 Å². The Hall–Kier alpha value is -1.57. The number of carbonyl (C=O) groups excluding carboxylic acids is 1. The molecule has 0 saturated carbocycles. The van der Waals surface area contributed by atoms with Crippen molar-refractivity contribution in [3.63, 3.8) is 0 Å². The second-order valence-corrected chi connectivity index (χ2v) is 4.60. The second-order valence-electron chi connectivity index (χ2n) is 4.60. The van der Waals surface area contributed by atoms with Crippen molar-refractivity contribution in [1.82, 2.24) is 15.1 Å². The van der Waals surface area contributed by atoms with Gasteiger partial charge in [0, 0.05) is 27.5 Å². The number of aromatic nitrogens is 2. The molecule has 20 heavy (non-hydrogen) atoms. The van der Waals surface area contributed by atoms with Crippen LogP contribution >= 0.6 is 0 Å². The molecule has 0 bridgehead atoms. The summed E-state index contributed by atoms with van der Waals surface area (Å²) in [6.07, 6.45) is 1.09. The van der Waals surface area contributed by atoms with Gasteiger partial charge in [0.1, 0.15) is 12.2 Å². The molecule has 1 aliphatic rings. The highest BCUT2D eigenvalue weighted by atomic mass is 16.6. The summed E-state index contributed by atoms with van der Waals surface area (Å²) in [5.74, 6) is -0.217. The Labute approximate surface area is 117 Å². The van der Waals surface area contributed by atoms with E-state index >= 15 is 0 Å². The summed E-state index contributed by atoms with van der Waals surface area (Å²) in [6.45, 7) is 0.861. The van der Waals surface area contributed by atoms with Crippen LogP contribution in [0.2, 0.25) is 0 Å². The number of likely N-dealkylation sites (N-methyl/N-ethyl adjacent to an activating group) is 1. The average molecular weight is 281 g/mol. The van der Waals surface area contributed by atoms with Gasteiger partial charge in [0.15, 0.2) is 5.69 Å². The molecular formula is C13H19N3O4. The van der Waals surface area contributed by atoms with Gasteiger partial charge in [0.2, 0.25) is 0 Å². The van der Waals surface area contributed by atoms with E-state index in [-0.39, 0.29) is 24.2 Å². The molecule has 0 aliphatic carbocycles. The lowest BCUT2D eigenvalue weighted by atomic mass is 10.0. The van der Waals surface area contributed by atoms with Gasteiger partial charge in [-0.3, -0.25) is 4.79 Å². The van der Waals surface area contributed by atoms with E-state index in [1.54, 1.807) is 38.3 Å². The molecule has 1 aromatic heterocycles. The Balaban J connectivity index is 2.14. The number of ether oxygens (including phenoxy) is 3. The fraction of sp³-hybridized carbons (Fsp3) is 0.615. The molecule has 7 nitrogen and oxygen atoms in total. The van der Waals surface area contributed by atoms with Crippen LogP contribution in [0.25, 0.3) is 0 Å². The number of hydrogen-bond donors (Lipinski definition) is 0. The van der Waals surface area contributed by atoms with Gasteiger partial charge in [-0.25, -0.2) is 0 Å². The number of amides is 1. The maximum absolute atomic E-state index is 12.4. The number of hydrogen-bond acceptors (Lipinski definition) is 6. The largest absolute Gasteiger partial charge is 0.376 e. The summed E-state index contributed by atoms with van der Waals surface area (Å²) >= 11 is 0. The highest BCUT2D eigenvalue weighted by molar-refractivity contribution is 5.92. The zero-order valence-electron chi connectivity index (χ0n) is 11.9. The Kier molecular flexibility index (Phi) is 4.99. The molecule has 0 spiro atoms. The SMILES string of the molecule is CO[C@H]1[C@H](N(C)C(=O)c2cccnn2)COC[C@H]1OC. The molecule has 0 aromatic carbocycles. The molecule has 2 heterocycles. The Morgan fingerprint density at radius 2 is 2.20 bits per heavy atom. The van der Waals surface area contributed by atoms with Gasteiger partial charge in [-0.05, 0) is 12.1 Å². The van der Waals surface area contributed by atoms with E-state index < -0.39 is 0 Å². The third-order valence-electron chi connectivity index (χ3n) is 3.50. The quantitative estimate of drug-likeness (QED) is 0.772. The zero-order valence-corrected chi connectivity index (χ0v) is 11.9. The van der Waals surface area contributed by atoms with Crippen molar-refractivity contribution >= 4 is 5.91 Å². The molecule has 1 amide bonds. The van der Waals surface area contributed by atoms with E-state index in [1.807, 2.05) is 0 Å². The minimum Gasteiger partial charge on any atom is -0.376 e. The molecule has 0 N–H and O–H groups in total. The molecule has 1 aliphatic heterocycles. The summed E-state index contributed by atoms with van der Waals surface area (Å²) < 4.78 is 16.3. The van der Waals surface area contributed by atoms with Gasteiger partial charge in [-0.1, -0.05) is 0 Å². The van der Waals surface area contributed by atoms with Crippen LogP contribution in [-0.4, -0.2) is 73.7 Å². The summed E-state index contributed by atoms with van der Waals surface area (Å²) in [7, 11) is 4.91. The summed E-state index contributed by atoms with van der Waals surface area (Å²) in [4.78, 5) is 13.9. The van der Waals surface area contributed by atoms with Gasteiger partial charge in [0.05, 0.1) is 19.3 Å². The Morgan fingerprint density at radius 3 is 2.80 bits per heavy atom. The number of carbonyl (C=O) groups is 1. The maximum Gasteiger partial charge on any atom is 0.274 e. The second kappa shape index (κ2) is 6.74. The molecule has 0 unspecified atom stereocenters. The molecule has 1 fully saturated rings. The average Bonchev–Trinajstić information content (AvgIpc) is 2.53. The first-order valence-corrected chi connectivity index (χ1v) is 6.37. The highest BCUT2D eigenvalue weighted by Crippen LogP contribution is 2.19. The molecule has 7 heteroatoms. The third-order valence-corrected chi connectivity index (χ3v) is 3.50. The molecule has 0 radical (unpaired) electrons. The standard InChI is InChI=1S/C13H19N3O4/c1-16(13(17)9-5-4-6-14-15-9)10-7-20-8-11(18-2)12(10)19-3/h4-6,10-12H,7-8H2,1-3H3/t10-,11-,12+/m1/s1. The molecule has 2 rings (SSSR count). The van der Waals surface area contributed by atoms with Crippen LogP contribution in [-0.2, 0) is 14.2 Å². The third kappa shape index (κ3) is 2.95. The topological polar surface area (TPSA) is 73.8 Å². The van der Waals surface area contributed by atoms with Gasteiger partial charge < -0.3 is 19.1 Å². The number of rotatable bonds is 4. The monoisotopic (exact) mass is 281 g/mol. The summed E-state index contributed by atoms with van der Waals surface area (Å²) in [6, 6.07) is 3.08. The van der Waals surface area contributed by atoms with Gasteiger partial charge in [-0.15, -0.1) is 5.10 Å². The lowest BCUT2D eigenvalue weighted by molar-refractivity contribution is -0.147. The molecular weight excluding hydrogens is 262 g/mol. The van der Waals surface area contributed by atoms with Crippen molar-refractivity contribution < 1.29 is 19.0 Å². The summed E-state index contributed by atoms with van der Waals surface area (Å²) in [5, 5.41) is 7.55. The van der Waals surface area contributed by atoms with Crippen LogP contribution in [0.3, 0.4) is 0 Å². The van der Waals surface area contributed by atoms with Crippen molar-refractivity contribution in [3.8, 4) is 0 Å². The van der Waals surface area contributed by atoms with Crippen molar-refractivity contribution in [2.24, 2.45) is 0 Å². The van der Waals surface area contributed by atoms with Crippen LogP contribution in [0.4, 0.5) is 0 Å². The van der Waals surface area contributed by atoms with Crippen molar-refractivity contribution in [2.75, 3.05) is 34.5 Å². The number of methoxy groups -OCH3 is 2. The fourth-order valence-corrected chi connectivity index (χ4v) is 2.33. The molecule has 3 atom stereocenters. The normalized spacial score (nSPS) is 26.2. The van der Waals surface area contributed by atoms with Crippen LogP contribution in [0.15, 0.2) is 18.3 Å². The van der Waals surface area contributed by atoms with E-state index in [0.717, 1.165) is 0 Å². The first-order valence-electron chi connectivity index (χ1n) is 6.37. The lowest BCUT2D eigenvalue weighted by Gasteiger charge is -2.40. The van der Waals surface area contributed by atoms with Gasteiger partial charge in [0.25, 0.3) is 5.91 Å². The predicted octanol–water partition coefficient (Wildman–Crippen LogP) is -0.0226.